The van der Waals surface area contributed by atoms with Crippen molar-refractivity contribution in [2.75, 3.05) is 58.6 Å². The zero-order valence-corrected chi connectivity index (χ0v) is 21.9. The monoisotopic (exact) mass is 517 g/mol. The number of benzene rings is 2. The Morgan fingerprint density at radius 2 is 2.05 bits per heavy atom. The highest BCUT2D eigenvalue weighted by atomic mass is 16.6. The van der Waals surface area contributed by atoms with E-state index in [9.17, 15) is 10.1 Å². The van der Waals surface area contributed by atoms with Crippen molar-refractivity contribution in [3.8, 4) is 17.0 Å². The van der Waals surface area contributed by atoms with Gasteiger partial charge in [-0.1, -0.05) is 18.2 Å². The van der Waals surface area contributed by atoms with Crippen LogP contribution >= 0.6 is 0 Å². The van der Waals surface area contributed by atoms with E-state index in [4.69, 9.17) is 14.5 Å². The summed E-state index contributed by atoms with van der Waals surface area (Å²) in [5.74, 6) is 0.784. The van der Waals surface area contributed by atoms with E-state index in [1.807, 2.05) is 37.2 Å². The summed E-state index contributed by atoms with van der Waals surface area (Å²) in [6, 6.07) is 12.0. The van der Waals surface area contributed by atoms with Gasteiger partial charge in [-0.3, -0.25) is 10.1 Å². The van der Waals surface area contributed by atoms with Crippen molar-refractivity contribution >= 4 is 33.9 Å². The summed E-state index contributed by atoms with van der Waals surface area (Å²) in [5, 5.41) is 19.4. The zero-order chi connectivity index (χ0) is 26.8. The molecule has 4 aromatic rings. The summed E-state index contributed by atoms with van der Waals surface area (Å²) in [6.45, 7) is 1.98. The van der Waals surface area contributed by atoms with E-state index < -0.39 is 0 Å². The Hall–Kier alpha value is -4.22. The van der Waals surface area contributed by atoms with Gasteiger partial charge >= 0.3 is 0 Å². The highest BCUT2D eigenvalue weighted by Crippen LogP contribution is 2.43. The third kappa shape index (κ3) is 4.73. The fourth-order valence-corrected chi connectivity index (χ4v) is 4.75. The summed E-state index contributed by atoms with van der Waals surface area (Å²) in [6.07, 6.45) is 4.22. The smallest absolute Gasteiger partial charge is 0.297 e. The number of fused-ring (bicyclic) bond motifs is 1. The Balaban J connectivity index is 1.59. The first-order valence-corrected chi connectivity index (χ1v) is 12.4. The lowest BCUT2D eigenvalue weighted by Crippen LogP contribution is -2.29. The topological polar surface area (TPSA) is 120 Å². The Labute approximate surface area is 220 Å². The number of hydrogen-bond acceptors (Lipinski definition) is 9. The Kier molecular flexibility index (Phi) is 7.12. The van der Waals surface area contributed by atoms with Crippen molar-refractivity contribution in [3.63, 3.8) is 0 Å². The molecule has 198 valence electrons. The molecule has 1 aliphatic rings. The summed E-state index contributed by atoms with van der Waals surface area (Å²) in [5.41, 5.74) is 4.22. The zero-order valence-electron chi connectivity index (χ0n) is 21.9. The van der Waals surface area contributed by atoms with Gasteiger partial charge in [-0.2, -0.15) is 0 Å². The molecule has 0 unspecified atom stereocenters. The third-order valence-corrected chi connectivity index (χ3v) is 6.77. The van der Waals surface area contributed by atoms with Gasteiger partial charge < -0.3 is 29.6 Å². The molecule has 2 aromatic heterocycles. The maximum Gasteiger partial charge on any atom is 0.297 e. The quantitative estimate of drug-likeness (QED) is 0.232. The number of nitro groups is 1. The minimum absolute atomic E-state index is 0.000377. The van der Waals surface area contributed by atoms with Crippen LogP contribution in [0.2, 0.25) is 0 Å². The van der Waals surface area contributed by atoms with Crippen LogP contribution in [0.5, 0.6) is 5.75 Å². The number of methoxy groups -OCH3 is 1. The molecule has 1 aliphatic heterocycles. The molecule has 38 heavy (non-hydrogen) atoms. The van der Waals surface area contributed by atoms with Gasteiger partial charge in [0.05, 0.1) is 48.2 Å². The number of likely N-dealkylation sites (N-methyl/N-ethyl adjacent to an activating group) is 1. The number of para-hydroxylation sites is 1. The Bertz CT molecular complexity index is 1480. The second kappa shape index (κ2) is 10.6. The highest BCUT2D eigenvalue weighted by molar-refractivity contribution is 5.95. The molecule has 2 aromatic carbocycles. The lowest BCUT2D eigenvalue weighted by Gasteiger charge is -2.28. The van der Waals surface area contributed by atoms with Crippen LogP contribution in [0.4, 0.5) is 23.0 Å². The summed E-state index contributed by atoms with van der Waals surface area (Å²) < 4.78 is 13.3. The van der Waals surface area contributed by atoms with Gasteiger partial charge in [0.1, 0.15) is 11.4 Å². The van der Waals surface area contributed by atoms with Crippen molar-refractivity contribution in [2.24, 2.45) is 0 Å². The number of nitrogens with one attached hydrogen (secondary N) is 2. The van der Waals surface area contributed by atoms with E-state index >= 15 is 0 Å². The first-order chi connectivity index (χ1) is 18.4. The summed E-state index contributed by atoms with van der Waals surface area (Å²) in [4.78, 5) is 23.0. The van der Waals surface area contributed by atoms with Crippen LogP contribution in [0.1, 0.15) is 11.6 Å². The van der Waals surface area contributed by atoms with E-state index in [0.717, 1.165) is 22.2 Å². The maximum atomic E-state index is 12.1. The van der Waals surface area contributed by atoms with Gasteiger partial charge in [-0.25, -0.2) is 9.97 Å². The predicted molar refractivity (Wildman–Crippen MR) is 148 cm³/mol. The van der Waals surface area contributed by atoms with Gasteiger partial charge in [-0.05, 0) is 32.6 Å². The van der Waals surface area contributed by atoms with E-state index in [0.29, 0.717) is 60.9 Å². The Morgan fingerprint density at radius 1 is 1.26 bits per heavy atom. The van der Waals surface area contributed by atoms with Crippen molar-refractivity contribution < 1.29 is 14.4 Å². The fraction of sp³-hybridized carbons (Fsp3) is 0.333. The first-order valence-electron chi connectivity index (χ1n) is 12.4. The SMILES string of the molecule is CNc1cc(OC)c(Nc2nccc(-c3cn(C4COC4)c4ccccc34)n2)c(CCN(C)C)c1[N+](=O)[O-]. The van der Waals surface area contributed by atoms with E-state index in [1.165, 1.54) is 7.11 Å². The van der Waals surface area contributed by atoms with Crippen molar-refractivity contribution in [1.29, 1.82) is 0 Å². The summed E-state index contributed by atoms with van der Waals surface area (Å²) in [7, 11) is 7.05. The molecule has 0 radical (unpaired) electrons. The molecule has 0 saturated carbocycles. The Morgan fingerprint density at radius 3 is 2.71 bits per heavy atom. The molecule has 2 N–H and O–H groups in total. The maximum absolute atomic E-state index is 12.1. The van der Waals surface area contributed by atoms with Gasteiger partial charge in [0.2, 0.25) is 5.95 Å². The molecule has 3 heterocycles. The molecule has 0 bridgehead atoms. The molecule has 11 heteroatoms. The van der Waals surface area contributed by atoms with Gasteiger partial charge in [0.25, 0.3) is 5.69 Å². The molecule has 1 fully saturated rings. The number of nitrogens with zero attached hydrogens (tertiary/aromatic N) is 5. The van der Waals surface area contributed by atoms with Crippen LogP contribution < -0.4 is 15.4 Å². The summed E-state index contributed by atoms with van der Waals surface area (Å²) >= 11 is 0. The second-order valence-corrected chi connectivity index (χ2v) is 9.44. The predicted octanol–water partition coefficient (Wildman–Crippen LogP) is 4.48. The number of hydrogen-bond donors (Lipinski definition) is 2. The van der Waals surface area contributed by atoms with Crippen LogP contribution in [-0.4, -0.2) is 72.4 Å². The molecule has 0 spiro atoms. The average Bonchev–Trinajstić information content (AvgIpc) is 3.25. The van der Waals surface area contributed by atoms with Crippen molar-refractivity contribution in [2.45, 2.75) is 12.5 Å². The molecular weight excluding hydrogens is 486 g/mol. The van der Waals surface area contributed by atoms with Crippen LogP contribution in [0.25, 0.3) is 22.2 Å². The van der Waals surface area contributed by atoms with Crippen molar-refractivity contribution in [1.82, 2.24) is 19.4 Å². The molecule has 1 saturated heterocycles. The number of nitro benzene ring substituents is 1. The van der Waals surface area contributed by atoms with Gasteiger partial charge in [-0.15, -0.1) is 0 Å². The molecule has 0 aliphatic carbocycles. The number of ether oxygens (including phenoxy) is 2. The van der Waals surface area contributed by atoms with Crippen LogP contribution in [0.3, 0.4) is 0 Å². The van der Waals surface area contributed by atoms with Gasteiger partial charge in [0.15, 0.2) is 0 Å². The lowest BCUT2D eigenvalue weighted by molar-refractivity contribution is -0.384. The molecule has 0 atom stereocenters. The average molecular weight is 518 g/mol. The normalized spacial score (nSPS) is 13.5. The van der Waals surface area contributed by atoms with Crippen LogP contribution in [0.15, 0.2) is 48.8 Å². The van der Waals surface area contributed by atoms with E-state index in [1.54, 1.807) is 19.3 Å². The minimum Gasteiger partial charge on any atom is -0.494 e. The number of rotatable bonds is 10. The lowest BCUT2D eigenvalue weighted by atomic mass is 10.0. The molecular formula is C27H31N7O4. The highest BCUT2D eigenvalue weighted by Gasteiger charge is 2.28. The molecule has 11 nitrogen and oxygen atoms in total. The first kappa shape index (κ1) is 25.4. The number of aromatic nitrogens is 3. The van der Waals surface area contributed by atoms with Gasteiger partial charge in [0, 0.05) is 48.5 Å². The molecule has 0 amide bonds. The van der Waals surface area contributed by atoms with E-state index in [2.05, 4.69) is 38.5 Å². The second-order valence-electron chi connectivity index (χ2n) is 9.44. The fourth-order valence-electron chi connectivity index (χ4n) is 4.75. The largest absolute Gasteiger partial charge is 0.494 e. The number of anilines is 3. The standard InChI is InChI=1S/C27H31N7O4/c1-28-22-13-24(37-4)25(19(10-12-32(2)3)26(22)34(35)36)31-27-29-11-9-21(30-27)20-14-33(17-15-38-16-17)23-8-6-5-7-18(20)23/h5-9,11,13-14,17,28H,10,12,15-16H2,1-4H3,(H,29,30,31). The van der Waals surface area contributed by atoms with Crippen molar-refractivity contribution in [3.05, 3.63) is 64.5 Å². The third-order valence-electron chi connectivity index (χ3n) is 6.77. The molecule has 5 rings (SSSR count). The minimum atomic E-state index is -0.363. The van der Waals surface area contributed by atoms with Crippen LogP contribution in [-0.2, 0) is 11.2 Å². The van der Waals surface area contributed by atoms with Crippen LogP contribution in [0, 0.1) is 10.1 Å². The van der Waals surface area contributed by atoms with E-state index in [-0.39, 0.29) is 10.6 Å².